The third-order valence-electron chi connectivity index (χ3n) is 5.26. The first kappa shape index (κ1) is 23.9. The maximum atomic E-state index is 2.56. The summed E-state index contributed by atoms with van der Waals surface area (Å²) in [5.41, 5.74) is 0. The molecule has 0 amide bonds. The van der Waals surface area contributed by atoms with Gasteiger partial charge < -0.3 is 0 Å². The fourth-order valence-electron chi connectivity index (χ4n) is 3.64. The number of nitrogens with zero attached hydrogens (tertiary/aromatic N) is 2. The summed E-state index contributed by atoms with van der Waals surface area (Å²) in [7, 11) is 0. The quantitative estimate of drug-likeness (QED) is 0.252. The summed E-state index contributed by atoms with van der Waals surface area (Å²) in [6.07, 6.45) is 18.6. The van der Waals surface area contributed by atoms with Crippen molar-refractivity contribution in [3.8, 4) is 0 Å². The second-order valence-electron chi connectivity index (χ2n) is 7.05. The van der Waals surface area contributed by atoms with Crippen molar-refractivity contribution in [3.05, 3.63) is 6.17 Å². The molecule has 0 rings (SSSR count). The van der Waals surface area contributed by atoms with E-state index in [4.69, 9.17) is 0 Å². The largest absolute Gasteiger partial charge is 0.283 e. The van der Waals surface area contributed by atoms with Crippen molar-refractivity contribution in [1.82, 2.24) is 9.80 Å². The zero-order valence-electron chi connectivity index (χ0n) is 17.7. The van der Waals surface area contributed by atoms with Crippen LogP contribution in [0, 0.1) is 6.17 Å². The van der Waals surface area contributed by atoms with Crippen molar-refractivity contribution in [2.45, 2.75) is 112 Å². The molecule has 0 spiro atoms. The molecule has 0 aromatic rings. The van der Waals surface area contributed by atoms with Crippen LogP contribution in [0.3, 0.4) is 0 Å². The third kappa shape index (κ3) is 11.5. The zero-order valence-corrected chi connectivity index (χ0v) is 17.7. The summed E-state index contributed by atoms with van der Waals surface area (Å²) in [6.45, 7) is 16.0. The molecule has 0 aliphatic heterocycles. The Morgan fingerprint density at radius 2 is 0.792 bits per heavy atom. The van der Waals surface area contributed by atoms with Gasteiger partial charge in [-0.05, 0) is 32.6 Å². The molecule has 0 N–H and O–H groups in total. The summed E-state index contributed by atoms with van der Waals surface area (Å²) in [5, 5.41) is 0. The highest BCUT2D eigenvalue weighted by Crippen LogP contribution is 2.22. The average molecular weight is 340 g/mol. The molecular weight excluding hydrogens is 292 g/mol. The van der Waals surface area contributed by atoms with E-state index >= 15 is 0 Å². The number of rotatable bonds is 18. The molecule has 0 unspecified atom stereocenters. The minimum Gasteiger partial charge on any atom is -0.283 e. The normalized spacial score (nSPS) is 12.0. The van der Waals surface area contributed by atoms with E-state index in [2.05, 4.69) is 44.4 Å². The lowest BCUT2D eigenvalue weighted by Gasteiger charge is -2.37. The molecule has 0 aromatic carbocycles. The van der Waals surface area contributed by atoms with E-state index in [9.17, 15) is 0 Å². The van der Waals surface area contributed by atoms with Crippen LogP contribution in [0.2, 0.25) is 0 Å². The number of hydrogen-bond acceptors (Lipinski definition) is 2. The van der Waals surface area contributed by atoms with Gasteiger partial charge in [-0.3, -0.25) is 9.80 Å². The van der Waals surface area contributed by atoms with Crippen LogP contribution >= 0.6 is 0 Å². The van der Waals surface area contributed by atoms with Crippen molar-refractivity contribution < 1.29 is 0 Å². The lowest BCUT2D eigenvalue weighted by molar-refractivity contribution is 0.142. The first-order valence-corrected chi connectivity index (χ1v) is 11.1. The van der Waals surface area contributed by atoms with Crippen molar-refractivity contribution in [1.29, 1.82) is 0 Å². The molecule has 0 heterocycles. The molecule has 0 aliphatic rings. The zero-order chi connectivity index (χ0) is 18.0. The van der Waals surface area contributed by atoms with Crippen LogP contribution in [-0.4, -0.2) is 36.0 Å². The summed E-state index contributed by atoms with van der Waals surface area (Å²) >= 11 is 0. The van der Waals surface area contributed by atoms with Crippen molar-refractivity contribution in [2.24, 2.45) is 0 Å². The van der Waals surface area contributed by atoms with Crippen LogP contribution in [0.15, 0.2) is 0 Å². The minimum absolute atomic E-state index is 1.14. The maximum absolute atomic E-state index is 2.56. The van der Waals surface area contributed by atoms with Gasteiger partial charge in [-0.1, -0.05) is 105 Å². The Kier molecular flexibility index (Phi) is 17.7. The molecule has 0 saturated carbocycles. The lowest BCUT2D eigenvalue weighted by Crippen LogP contribution is -2.41. The average Bonchev–Trinajstić information content (AvgIpc) is 2.61. The van der Waals surface area contributed by atoms with Crippen LogP contribution in [0.1, 0.15) is 112 Å². The first-order valence-electron chi connectivity index (χ1n) is 11.1. The van der Waals surface area contributed by atoms with Crippen LogP contribution in [0.4, 0.5) is 0 Å². The Labute approximate surface area is 154 Å². The molecule has 2 heteroatoms. The predicted octanol–water partition coefficient (Wildman–Crippen LogP) is 6.86. The fourth-order valence-corrected chi connectivity index (χ4v) is 3.64. The van der Waals surface area contributed by atoms with Crippen LogP contribution < -0.4 is 0 Å². The molecular formula is C22H47N2. The predicted molar refractivity (Wildman–Crippen MR) is 110 cm³/mol. The Morgan fingerprint density at radius 1 is 0.458 bits per heavy atom. The van der Waals surface area contributed by atoms with E-state index in [1.807, 2.05) is 0 Å². The Balaban J connectivity index is 3.76. The molecule has 2 nitrogen and oxygen atoms in total. The van der Waals surface area contributed by atoms with E-state index in [0.717, 1.165) is 26.2 Å². The van der Waals surface area contributed by atoms with Crippen molar-refractivity contribution in [2.75, 3.05) is 26.2 Å². The van der Waals surface area contributed by atoms with Crippen molar-refractivity contribution in [3.63, 3.8) is 0 Å². The Hall–Kier alpha value is -0.0800. The standard InChI is InChI=1S/C22H47N2/c1-6-11-12-13-14-15-16-17-18-19-20-21-22(23(7-2)8-3)24(9-4)10-5/h6-21H2,1-5H3. The highest BCUT2D eigenvalue weighted by Gasteiger charge is 2.21. The van der Waals surface area contributed by atoms with Crippen LogP contribution in [0.5, 0.6) is 0 Å². The van der Waals surface area contributed by atoms with Gasteiger partial charge in [-0.15, -0.1) is 0 Å². The van der Waals surface area contributed by atoms with E-state index < -0.39 is 0 Å². The SMILES string of the molecule is CCCCCCCCCCCCC[C](N(CC)CC)N(CC)CC. The van der Waals surface area contributed by atoms with Gasteiger partial charge in [0.15, 0.2) is 0 Å². The lowest BCUT2D eigenvalue weighted by atomic mass is 10.0. The smallest absolute Gasteiger partial charge is 0.106 e. The maximum Gasteiger partial charge on any atom is 0.106 e. The minimum atomic E-state index is 1.14. The van der Waals surface area contributed by atoms with Gasteiger partial charge in [0.1, 0.15) is 6.17 Å². The van der Waals surface area contributed by atoms with Gasteiger partial charge in [0, 0.05) is 0 Å². The number of unbranched alkanes of at least 4 members (excludes halogenated alkanes) is 10. The first-order chi connectivity index (χ1) is 11.7. The molecule has 0 fully saturated rings. The molecule has 0 atom stereocenters. The van der Waals surface area contributed by atoms with Crippen LogP contribution in [-0.2, 0) is 0 Å². The fraction of sp³-hybridized carbons (Fsp3) is 0.955. The Morgan fingerprint density at radius 3 is 1.12 bits per heavy atom. The second kappa shape index (κ2) is 17.7. The van der Waals surface area contributed by atoms with Crippen LogP contribution in [0.25, 0.3) is 0 Å². The third-order valence-corrected chi connectivity index (χ3v) is 5.26. The van der Waals surface area contributed by atoms with Crippen molar-refractivity contribution >= 4 is 0 Å². The van der Waals surface area contributed by atoms with Gasteiger partial charge >= 0.3 is 0 Å². The van der Waals surface area contributed by atoms with Gasteiger partial charge in [0.2, 0.25) is 0 Å². The van der Waals surface area contributed by atoms with Gasteiger partial charge in [0.25, 0.3) is 0 Å². The summed E-state index contributed by atoms with van der Waals surface area (Å²) in [6, 6.07) is 0. The van der Waals surface area contributed by atoms with E-state index in [1.165, 1.54) is 77.0 Å². The summed E-state index contributed by atoms with van der Waals surface area (Å²) in [4.78, 5) is 5.12. The monoisotopic (exact) mass is 339 g/mol. The highest BCUT2D eigenvalue weighted by atomic mass is 15.3. The number of hydrogen-bond donors (Lipinski definition) is 0. The molecule has 0 saturated heterocycles. The highest BCUT2D eigenvalue weighted by molar-refractivity contribution is 4.88. The molecule has 1 radical (unpaired) electrons. The Bertz CT molecular complexity index is 222. The summed E-state index contributed by atoms with van der Waals surface area (Å²) in [5.74, 6) is 0. The molecule has 0 bridgehead atoms. The second-order valence-corrected chi connectivity index (χ2v) is 7.05. The van der Waals surface area contributed by atoms with Gasteiger partial charge in [-0.25, -0.2) is 0 Å². The van der Waals surface area contributed by atoms with E-state index in [1.54, 1.807) is 6.17 Å². The van der Waals surface area contributed by atoms with Gasteiger partial charge in [0.05, 0.1) is 0 Å². The van der Waals surface area contributed by atoms with E-state index in [0.29, 0.717) is 0 Å². The molecule has 145 valence electrons. The van der Waals surface area contributed by atoms with Gasteiger partial charge in [-0.2, -0.15) is 0 Å². The molecule has 0 aromatic heterocycles. The van der Waals surface area contributed by atoms with E-state index in [-0.39, 0.29) is 0 Å². The summed E-state index contributed by atoms with van der Waals surface area (Å²) < 4.78 is 0. The topological polar surface area (TPSA) is 6.48 Å². The molecule has 24 heavy (non-hydrogen) atoms. The molecule has 0 aliphatic carbocycles.